The molecule has 0 saturated carbocycles. The molecule has 3 rings (SSSR count). The number of benzene rings is 2. The van der Waals surface area contributed by atoms with Crippen molar-refractivity contribution in [2.24, 2.45) is 0 Å². The van der Waals surface area contributed by atoms with Crippen molar-refractivity contribution >= 4 is 21.4 Å². The fourth-order valence-electron chi connectivity index (χ4n) is 3.04. The van der Waals surface area contributed by atoms with Gasteiger partial charge in [-0.1, -0.05) is 12.1 Å². The van der Waals surface area contributed by atoms with Crippen LogP contribution >= 0.6 is 0 Å². The highest BCUT2D eigenvalue weighted by Crippen LogP contribution is 2.34. The number of alkyl halides is 3. The lowest BCUT2D eigenvalue weighted by atomic mass is 10.2. The maximum atomic E-state index is 13.1. The third-order valence-electron chi connectivity index (χ3n) is 4.44. The van der Waals surface area contributed by atoms with Gasteiger partial charge in [-0.2, -0.15) is 13.2 Å². The van der Waals surface area contributed by atoms with Gasteiger partial charge in [0.15, 0.2) is 0 Å². The van der Waals surface area contributed by atoms with Crippen LogP contribution in [-0.4, -0.2) is 34.7 Å². The maximum absolute atomic E-state index is 13.1. The quantitative estimate of drug-likeness (QED) is 0.831. The average molecular weight is 400 g/mol. The number of anilines is 2. The Morgan fingerprint density at radius 2 is 1.78 bits per heavy atom. The molecule has 1 aliphatic heterocycles. The molecule has 9 heteroatoms. The predicted octanol–water partition coefficient (Wildman–Crippen LogP) is 3.73. The summed E-state index contributed by atoms with van der Waals surface area (Å²) in [5, 5.41) is 0. The van der Waals surface area contributed by atoms with Crippen molar-refractivity contribution in [1.29, 1.82) is 0 Å². The molecular weight excluding hydrogens is 381 g/mol. The first-order valence-corrected chi connectivity index (χ1v) is 9.76. The van der Waals surface area contributed by atoms with Crippen LogP contribution in [0.2, 0.25) is 0 Å². The molecule has 2 aromatic carbocycles. The number of halogens is 3. The van der Waals surface area contributed by atoms with E-state index in [4.69, 9.17) is 4.74 Å². The van der Waals surface area contributed by atoms with E-state index in [1.54, 1.807) is 19.2 Å². The zero-order valence-electron chi connectivity index (χ0n) is 14.5. The van der Waals surface area contributed by atoms with Crippen molar-refractivity contribution in [1.82, 2.24) is 0 Å². The minimum absolute atomic E-state index is 0.155. The molecular formula is C18H19F3N2O3S. The Kier molecular flexibility index (Phi) is 5.34. The van der Waals surface area contributed by atoms with Crippen molar-refractivity contribution in [3.8, 4) is 0 Å². The molecule has 5 nitrogen and oxygen atoms in total. The van der Waals surface area contributed by atoms with Crippen LogP contribution in [-0.2, 0) is 20.9 Å². The maximum Gasteiger partial charge on any atom is 0.417 e. The summed E-state index contributed by atoms with van der Waals surface area (Å²) >= 11 is 0. The molecule has 1 aliphatic rings. The van der Waals surface area contributed by atoms with Crippen LogP contribution in [0, 0.1) is 0 Å². The summed E-state index contributed by atoms with van der Waals surface area (Å²) in [5.74, 6) is 0. The molecule has 1 atom stereocenters. The molecule has 2 aromatic rings. The zero-order chi connectivity index (χ0) is 19.7. The van der Waals surface area contributed by atoms with E-state index in [0.29, 0.717) is 0 Å². The van der Waals surface area contributed by atoms with Crippen molar-refractivity contribution < 1.29 is 26.3 Å². The van der Waals surface area contributed by atoms with Gasteiger partial charge < -0.3 is 9.64 Å². The third kappa shape index (κ3) is 4.36. The smallest absolute Gasteiger partial charge is 0.380 e. The fraction of sp³-hybridized carbons (Fsp3) is 0.333. The molecule has 27 heavy (non-hydrogen) atoms. The van der Waals surface area contributed by atoms with Crippen molar-refractivity contribution in [2.75, 3.05) is 29.8 Å². The molecule has 0 aliphatic carbocycles. The number of rotatable bonds is 5. The van der Waals surface area contributed by atoms with Gasteiger partial charge in [0.2, 0.25) is 0 Å². The van der Waals surface area contributed by atoms with Crippen LogP contribution in [0.4, 0.5) is 24.5 Å². The highest BCUT2D eigenvalue weighted by molar-refractivity contribution is 7.92. The summed E-state index contributed by atoms with van der Waals surface area (Å²) in [4.78, 5) is 1.30. The molecule has 0 amide bonds. The average Bonchev–Trinajstić information content (AvgIpc) is 3.10. The number of nitrogens with zero attached hydrogens (tertiary/aromatic N) is 1. The number of methoxy groups -OCH3 is 1. The normalized spacial score (nSPS) is 17.9. The standard InChI is InChI=1S/C18H19F3N2O3S/c1-26-15-10-11-23(12-15)14-8-6-13(7-9-14)22-27(24,25)17-5-3-2-4-16(17)18(19,20)21/h2-9,15,22H,10-12H2,1H3. The van der Waals surface area contributed by atoms with Gasteiger partial charge in [-0.05, 0) is 42.8 Å². The van der Waals surface area contributed by atoms with Crippen LogP contribution in [0.15, 0.2) is 53.4 Å². The van der Waals surface area contributed by atoms with Gasteiger partial charge in [0.1, 0.15) is 0 Å². The van der Waals surface area contributed by atoms with Crippen molar-refractivity contribution in [3.63, 3.8) is 0 Å². The van der Waals surface area contributed by atoms with Gasteiger partial charge in [0, 0.05) is 31.6 Å². The van der Waals surface area contributed by atoms with E-state index in [2.05, 4.69) is 9.62 Å². The Morgan fingerprint density at radius 3 is 2.37 bits per heavy atom. The highest BCUT2D eigenvalue weighted by atomic mass is 32.2. The lowest BCUT2D eigenvalue weighted by Crippen LogP contribution is -2.22. The second-order valence-corrected chi connectivity index (χ2v) is 7.89. The monoisotopic (exact) mass is 400 g/mol. The zero-order valence-corrected chi connectivity index (χ0v) is 15.3. The molecule has 0 radical (unpaired) electrons. The first-order chi connectivity index (χ1) is 12.7. The second kappa shape index (κ2) is 7.40. The van der Waals surface area contributed by atoms with Crippen LogP contribution in [0.25, 0.3) is 0 Å². The molecule has 146 valence electrons. The van der Waals surface area contributed by atoms with Gasteiger partial charge in [0.25, 0.3) is 10.0 Å². The molecule has 0 bridgehead atoms. The molecule has 1 saturated heterocycles. The summed E-state index contributed by atoms with van der Waals surface area (Å²) in [6.45, 7) is 1.56. The second-order valence-electron chi connectivity index (χ2n) is 6.24. The largest absolute Gasteiger partial charge is 0.417 e. The van der Waals surface area contributed by atoms with Crippen LogP contribution < -0.4 is 9.62 Å². The number of hydrogen-bond donors (Lipinski definition) is 1. The molecule has 1 heterocycles. The minimum Gasteiger partial charge on any atom is -0.380 e. The van der Waals surface area contributed by atoms with Gasteiger partial charge in [-0.15, -0.1) is 0 Å². The Morgan fingerprint density at radius 1 is 1.11 bits per heavy atom. The topological polar surface area (TPSA) is 58.6 Å². The molecule has 0 spiro atoms. The Bertz CT molecular complexity index is 899. The highest BCUT2D eigenvalue weighted by Gasteiger charge is 2.36. The molecule has 1 unspecified atom stereocenters. The first kappa shape index (κ1) is 19.5. The summed E-state index contributed by atoms with van der Waals surface area (Å²) in [6, 6.07) is 10.6. The van der Waals surface area contributed by atoms with E-state index in [-0.39, 0.29) is 11.8 Å². The Balaban J connectivity index is 1.79. The summed E-state index contributed by atoms with van der Waals surface area (Å²) in [5.41, 5.74) is -0.108. The first-order valence-electron chi connectivity index (χ1n) is 8.27. The number of sulfonamides is 1. The van der Waals surface area contributed by atoms with Crippen LogP contribution in [0.1, 0.15) is 12.0 Å². The summed E-state index contributed by atoms with van der Waals surface area (Å²) < 4.78 is 71.7. The van der Waals surface area contributed by atoms with E-state index in [9.17, 15) is 21.6 Å². The number of hydrogen-bond acceptors (Lipinski definition) is 4. The number of ether oxygens (including phenoxy) is 1. The van der Waals surface area contributed by atoms with Crippen LogP contribution in [0.5, 0.6) is 0 Å². The van der Waals surface area contributed by atoms with Gasteiger partial charge >= 0.3 is 6.18 Å². The predicted molar refractivity (Wildman–Crippen MR) is 96.3 cm³/mol. The van der Waals surface area contributed by atoms with Gasteiger partial charge in [0.05, 0.1) is 16.6 Å². The summed E-state index contributed by atoms with van der Waals surface area (Å²) in [6.07, 6.45) is -3.70. The lowest BCUT2D eigenvalue weighted by Gasteiger charge is -2.19. The van der Waals surface area contributed by atoms with Gasteiger partial charge in [-0.25, -0.2) is 8.42 Å². The van der Waals surface area contributed by atoms with E-state index in [1.807, 2.05) is 0 Å². The van der Waals surface area contributed by atoms with Crippen molar-refractivity contribution in [2.45, 2.75) is 23.6 Å². The number of nitrogens with one attached hydrogen (secondary N) is 1. The minimum atomic E-state index is -4.76. The van der Waals surface area contributed by atoms with E-state index in [1.165, 1.54) is 18.2 Å². The SMILES string of the molecule is COC1CCN(c2ccc(NS(=O)(=O)c3ccccc3C(F)(F)F)cc2)C1. The van der Waals surface area contributed by atoms with E-state index >= 15 is 0 Å². The van der Waals surface area contributed by atoms with E-state index in [0.717, 1.165) is 43.4 Å². The van der Waals surface area contributed by atoms with Crippen LogP contribution in [0.3, 0.4) is 0 Å². The third-order valence-corrected chi connectivity index (χ3v) is 5.88. The Hall–Kier alpha value is -2.26. The molecule has 1 N–H and O–H groups in total. The Labute approximate surface area is 155 Å². The summed E-state index contributed by atoms with van der Waals surface area (Å²) in [7, 11) is -2.72. The molecule has 1 fully saturated rings. The lowest BCUT2D eigenvalue weighted by molar-refractivity contribution is -0.139. The fourth-order valence-corrected chi connectivity index (χ4v) is 4.33. The van der Waals surface area contributed by atoms with E-state index < -0.39 is 26.7 Å². The molecule has 0 aromatic heterocycles. The van der Waals surface area contributed by atoms with Crippen molar-refractivity contribution in [3.05, 3.63) is 54.1 Å². The van der Waals surface area contributed by atoms with Gasteiger partial charge in [-0.3, -0.25) is 4.72 Å².